The van der Waals surface area contributed by atoms with E-state index in [1.165, 1.54) is 24.3 Å². The summed E-state index contributed by atoms with van der Waals surface area (Å²) in [6.45, 7) is 4.11. The van der Waals surface area contributed by atoms with Gasteiger partial charge in [-0.1, -0.05) is 38.1 Å². The molecule has 2 aromatic rings. The van der Waals surface area contributed by atoms with E-state index in [0.29, 0.717) is 0 Å². The molecule has 0 aliphatic heterocycles. The summed E-state index contributed by atoms with van der Waals surface area (Å²) in [5.41, 5.74) is 2.01. The Morgan fingerprint density at radius 3 is 1.18 bits per heavy atom. The van der Waals surface area contributed by atoms with E-state index in [9.17, 15) is 9.13 Å². The molecule has 0 aromatic heterocycles. The Morgan fingerprint density at radius 2 is 0.964 bits per heavy atom. The van der Waals surface area contributed by atoms with Crippen molar-refractivity contribution in [1.29, 1.82) is 0 Å². The van der Waals surface area contributed by atoms with Crippen molar-refractivity contribution in [2.75, 3.05) is 0 Å². The summed E-state index contributed by atoms with van der Waals surface area (Å²) in [5, 5.41) is 0. The van der Waals surface area contributed by atoms with Crippen molar-refractivity contribution in [1.82, 2.24) is 0 Å². The van der Waals surface area contributed by atoms with Gasteiger partial charge in [0.1, 0.15) is 11.5 Å². The van der Waals surface area contributed by atoms with Crippen LogP contribution in [-0.2, 0) is 9.13 Å². The van der Waals surface area contributed by atoms with Crippen molar-refractivity contribution in [2.45, 2.75) is 38.5 Å². The third-order valence-electron chi connectivity index (χ3n) is 4.43. The third-order valence-corrected chi connectivity index (χ3v) is 5.33. The van der Waals surface area contributed by atoms with E-state index in [2.05, 4.69) is 22.9 Å². The van der Waals surface area contributed by atoms with Gasteiger partial charge in [0.05, 0.1) is 0 Å². The molecule has 8 nitrogen and oxygen atoms in total. The van der Waals surface area contributed by atoms with Gasteiger partial charge in [-0.05, 0) is 60.1 Å². The van der Waals surface area contributed by atoms with Crippen LogP contribution in [0.5, 0.6) is 11.5 Å². The van der Waals surface area contributed by atoms with Crippen molar-refractivity contribution in [3.8, 4) is 11.5 Å². The topological polar surface area (TPSA) is 134 Å². The van der Waals surface area contributed by atoms with Gasteiger partial charge in [-0.3, -0.25) is 19.6 Å². The first-order valence-electron chi connectivity index (χ1n) is 8.72. The fourth-order valence-electron chi connectivity index (χ4n) is 3.33. The standard InChI is InChI=1S/C18H24O8P2/c1-3-17(13-5-9-15(10-6-13)25-27(19,20)21)18(4-2)14-7-11-16(12-8-14)26-28(22,23)24/h5-12,17-18H,3-4H2,1-2H3,(H2,19,20,21)(H2,22,23,24)/t17-,18-/m1/s1. The van der Waals surface area contributed by atoms with Crippen LogP contribution in [0.3, 0.4) is 0 Å². The quantitative estimate of drug-likeness (QED) is 0.432. The Hall–Kier alpha value is -1.66. The lowest BCUT2D eigenvalue weighted by molar-refractivity contribution is 0.281. The zero-order chi connectivity index (χ0) is 20.9. The highest BCUT2D eigenvalue weighted by Gasteiger charge is 2.23. The molecular weight excluding hydrogens is 406 g/mol. The molecule has 0 fully saturated rings. The van der Waals surface area contributed by atoms with Crippen molar-refractivity contribution in [3.63, 3.8) is 0 Å². The average molecular weight is 430 g/mol. The predicted molar refractivity (Wildman–Crippen MR) is 104 cm³/mol. The maximum atomic E-state index is 10.9. The van der Waals surface area contributed by atoms with Crippen molar-refractivity contribution >= 4 is 15.6 Å². The second kappa shape index (κ2) is 9.23. The van der Waals surface area contributed by atoms with Crippen molar-refractivity contribution in [3.05, 3.63) is 59.7 Å². The van der Waals surface area contributed by atoms with Gasteiger partial charge in [0.15, 0.2) is 0 Å². The minimum Gasteiger partial charge on any atom is -0.404 e. The predicted octanol–water partition coefficient (Wildman–Crippen LogP) is 4.32. The Balaban J connectivity index is 2.23. The minimum absolute atomic E-state index is 0.0962. The molecule has 0 radical (unpaired) electrons. The molecule has 0 spiro atoms. The number of benzene rings is 2. The molecular formula is C18H24O8P2. The number of hydrogen-bond acceptors (Lipinski definition) is 4. The highest BCUT2D eigenvalue weighted by molar-refractivity contribution is 7.47. The molecule has 4 N–H and O–H groups in total. The highest BCUT2D eigenvalue weighted by atomic mass is 31.2. The van der Waals surface area contributed by atoms with Crippen LogP contribution in [0.25, 0.3) is 0 Å². The Kier molecular flexibility index (Phi) is 7.46. The van der Waals surface area contributed by atoms with Crippen molar-refractivity contribution in [2.24, 2.45) is 0 Å². The summed E-state index contributed by atoms with van der Waals surface area (Å²) in [5.74, 6) is 0.475. The zero-order valence-electron chi connectivity index (χ0n) is 15.5. The molecule has 0 aliphatic rings. The Labute approximate surface area is 163 Å². The maximum absolute atomic E-state index is 10.9. The van der Waals surface area contributed by atoms with Gasteiger partial charge >= 0.3 is 15.6 Å². The molecule has 0 amide bonds. The lowest BCUT2D eigenvalue weighted by Gasteiger charge is -2.26. The van der Waals surface area contributed by atoms with Crippen LogP contribution < -0.4 is 9.05 Å². The molecule has 2 rings (SSSR count). The first kappa shape index (κ1) is 22.6. The van der Waals surface area contributed by atoms with Crippen molar-refractivity contribution < 1.29 is 37.8 Å². The Morgan fingerprint density at radius 1 is 0.679 bits per heavy atom. The van der Waals surface area contributed by atoms with E-state index in [-0.39, 0.29) is 23.3 Å². The fraction of sp³-hybridized carbons (Fsp3) is 0.333. The fourth-order valence-corrected chi connectivity index (χ4v) is 4.12. The zero-order valence-corrected chi connectivity index (χ0v) is 17.3. The van der Waals surface area contributed by atoms with E-state index in [1.807, 2.05) is 0 Å². The second-order valence-corrected chi connectivity index (χ2v) is 8.66. The monoisotopic (exact) mass is 430 g/mol. The number of phosphoric ester groups is 2. The van der Waals surface area contributed by atoms with Crippen LogP contribution in [0, 0.1) is 0 Å². The third kappa shape index (κ3) is 6.74. The minimum atomic E-state index is -4.59. The van der Waals surface area contributed by atoms with Gasteiger partial charge in [0, 0.05) is 0 Å². The Bertz CT molecular complexity index is 781. The second-order valence-electron chi connectivity index (χ2n) is 6.33. The normalized spacial score (nSPS) is 14.4. The molecule has 0 bridgehead atoms. The van der Waals surface area contributed by atoms with Crippen LogP contribution >= 0.6 is 15.6 Å². The maximum Gasteiger partial charge on any atom is 0.524 e. The first-order valence-corrected chi connectivity index (χ1v) is 11.8. The van der Waals surface area contributed by atoms with Crippen LogP contribution in [-0.4, -0.2) is 19.6 Å². The van der Waals surface area contributed by atoms with Gasteiger partial charge in [-0.15, -0.1) is 0 Å². The summed E-state index contributed by atoms with van der Waals surface area (Å²) >= 11 is 0. The molecule has 0 heterocycles. The molecule has 0 saturated heterocycles. The first-order chi connectivity index (χ1) is 13.0. The largest absolute Gasteiger partial charge is 0.524 e. The van der Waals surface area contributed by atoms with E-state index < -0.39 is 15.6 Å². The number of hydrogen-bond donors (Lipinski definition) is 4. The molecule has 0 saturated carbocycles. The van der Waals surface area contributed by atoms with E-state index in [1.54, 1.807) is 24.3 Å². The van der Waals surface area contributed by atoms with Gasteiger partial charge in [0.2, 0.25) is 0 Å². The summed E-state index contributed by atoms with van der Waals surface area (Å²) < 4.78 is 31.1. The summed E-state index contributed by atoms with van der Waals surface area (Å²) in [7, 11) is -9.19. The average Bonchev–Trinajstić information content (AvgIpc) is 2.59. The van der Waals surface area contributed by atoms with Gasteiger partial charge in [-0.25, -0.2) is 9.13 Å². The van der Waals surface area contributed by atoms with E-state index in [0.717, 1.165) is 24.0 Å². The summed E-state index contributed by atoms with van der Waals surface area (Å²) in [4.78, 5) is 35.6. The van der Waals surface area contributed by atoms with Gasteiger partial charge in [-0.2, -0.15) is 0 Å². The van der Waals surface area contributed by atoms with Crippen LogP contribution in [0.1, 0.15) is 49.7 Å². The number of rotatable bonds is 9. The van der Waals surface area contributed by atoms with Crippen LogP contribution in [0.15, 0.2) is 48.5 Å². The van der Waals surface area contributed by atoms with Crippen LogP contribution in [0.4, 0.5) is 0 Å². The van der Waals surface area contributed by atoms with E-state index >= 15 is 0 Å². The molecule has 2 atom stereocenters. The lowest BCUT2D eigenvalue weighted by Crippen LogP contribution is -2.10. The SMILES string of the molecule is CC[C@H](c1ccc(OP(=O)(O)O)cc1)[C@H](CC)c1ccc(OP(=O)(O)O)cc1. The van der Waals surface area contributed by atoms with Crippen LogP contribution in [0.2, 0.25) is 0 Å². The number of phosphoric acid groups is 2. The summed E-state index contributed by atoms with van der Waals surface area (Å²) in [6, 6.07) is 13.3. The molecule has 2 aromatic carbocycles. The highest BCUT2D eigenvalue weighted by Crippen LogP contribution is 2.42. The van der Waals surface area contributed by atoms with Gasteiger partial charge < -0.3 is 9.05 Å². The molecule has 0 aliphatic carbocycles. The van der Waals surface area contributed by atoms with Gasteiger partial charge in [0.25, 0.3) is 0 Å². The van der Waals surface area contributed by atoms with E-state index in [4.69, 9.17) is 19.6 Å². The molecule has 28 heavy (non-hydrogen) atoms. The summed E-state index contributed by atoms with van der Waals surface area (Å²) in [6.07, 6.45) is 1.66. The molecule has 0 unspecified atom stereocenters. The molecule has 154 valence electrons. The molecule has 10 heteroatoms. The lowest BCUT2D eigenvalue weighted by atomic mass is 9.78. The smallest absolute Gasteiger partial charge is 0.404 e.